The zero-order valence-electron chi connectivity index (χ0n) is 10.8. The largest absolute Gasteiger partial charge is 0.491 e. The van der Waals surface area contributed by atoms with Crippen LogP contribution in [0, 0.1) is 18.8 Å². The number of pyridine rings is 1. The van der Waals surface area contributed by atoms with Gasteiger partial charge in [-0.25, -0.2) is 0 Å². The summed E-state index contributed by atoms with van der Waals surface area (Å²) in [6.07, 6.45) is 0.755. The van der Waals surface area contributed by atoms with Crippen molar-refractivity contribution in [2.75, 3.05) is 13.2 Å². The first-order valence-electron chi connectivity index (χ1n) is 5.97. The van der Waals surface area contributed by atoms with Gasteiger partial charge in [-0.2, -0.15) is 0 Å². The third-order valence-corrected chi connectivity index (χ3v) is 2.28. The van der Waals surface area contributed by atoms with Crippen LogP contribution in [0.25, 0.3) is 0 Å². The Balaban J connectivity index is 2.63. The van der Waals surface area contributed by atoms with Crippen LogP contribution in [0.15, 0.2) is 12.1 Å². The number of nitrogens with zero attached hydrogens (tertiary/aromatic N) is 1. The molecule has 0 spiro atoms. The fraction of sp³-hybridized carbons (Fsp3) is 0.500. The van der Waals surface area contributed by atoms with E-state index >= 15 is 0 Å². The van der Waals surface area contributed by atoms with Gasteiger partial charge in [-0.1, -0.05) is 6.92 Å². The molecule has 3 nitrogen and oxygen atoms in total. The first-order chi connectivity index (χ1) is 8.27. The van der Waals surface area contributed by atoms with Gasteiger partial charge in [-0.05, 0) is 32.5 Å². The van der Waals surface area contributed by atoms with Gasteiger partial charge < -0.3 is 10.1 Å². The molecule has 0 amide bonds. The molecule has 0 atom stereocenters. The SMILES string of the molecule is CC#CCCOc1ccc(C)nc1CNCC. The van der Waals surface area contributed by atoms with Crippen molar-refractivity contribution in [3.63, 3.8) is 0 Å². The minimum Gasteiger partial charge on any atom is -0.491 e. The summed E-state index contributed by atoms with van der Waals surface area (Å²) in [4.78, 5) is 4.49. The molecule has 3 heteroatoms. The van der Waals surface area contributed by atoms with Crippen LogP contribution in [-0.2, 0) is 6.54 Å². The molecule has 92 valence electrons. The van der Waals surface area contributed by atoms with Crippen LogP contribution in [-0.4, -0.2) is 18.1 Å². The molecule has 0 aromatic carbocycles. The van der Waals surface area contributed by atoms with Crippen molar-refractivity contribution in [2.24, 2.45) is 0 Å². The summed E-state index contributed by atoms with van der Waals surface area (Å²) < 4.78 is 5.69. The molecule has 0 fully saturated rings. The monoisotopic (exact) mass is 232 g/mol. The lowest BCUT2D eigenvalue weighted by atomic mass is 10.3. The van der Waals surface area contributed by atoms with Gasteiger partial charge >= 0.3 is 0 Å². The van der Waals surface area contributed by atoms with Gasteiger partial charge in [0.25, 0.3) is 0 Å². The summed E-state index contributed by atoms with van der Waals surface area (Å²) >= 11 is 0. The second-order valence-corrected chi connectivity index (χ2v) is 3.70. The summed E-state index contributed by atoms with van der Waals surface area (Å²) in [5, 5.41) is 3.26. The highest BCUT2D eigenvalue weighted by molar-refractivity contribution is 5.29. The number of ether oxygens (including phenoxy) is 1. The quantitative estimate of drug-likeness (QED) is 0.603. The Kier molecular flexibility index (Phi) is 6.13. The third-order valence-electron chi connectivity index (χ3n) is 2.28. The van der Waals surface area contributed by atoms with Gasteiger partial charge in [-0.15, -0.1) is 11.8 Å². The van der Waals surface area contributed by atoms with E-state index in [1.165, 1.54) is 0 Å². The van der Waals surface area contributed by atoms with Gasteiger partial charge in [0.05, 0.1) is 12.3 Å². The fourth-order valence-corrected chi connectivity index (χ4v) is 1.44. The Bertz CT molecular complexity index is 404. The van der Waals surface area contributed by atoms with Gasteiger partial charge in [-0.3, -0.25) is 4.98 Å². The van der Waals surface area contributed by atoms with Crippen LogP contribution < -0.4 is 10.1 Å². The molecule has 0 saturated carbocycles. The molecule has 1 heterocycles. The van der Waals surface area contributed by atoms with E-state index in [1.807, 2.05) is 26.0 Å². The maximum absolute atomic E-state index is 5.69. The number of hydrogen-bond donors (Lipinski definition) is 1. The lowest BCUT2D eigenvalue weighted by Gasteiger charge is -2.10. The maximum atomic E-state index is 5.69. The van der Waals surface area contributed by atoms with Crippen molar-refractivity contribution in [1.82, 2.24) is 10.3 Å². The summed E-state index contributed by atoms with van der Waals surface area (Å²) in [6.45, 7) is 8.19. The van der Waals surface area contributed by atoms with Crippen LogP contribution in [0.1, 0.15) is 31.7 Å². The van der Waals surface area contributed by atoms with Crippen molar-refractivity contribution in [1.29, 1.82) is 0 Å². The molecule has 1 aromatic rings. The summed E-state index contributed by atoms with van der Waals surface area (Å²) in [5.41, 5.74) is 1.98. The zero-order chi connectivity index (χ0) is 12.5. The third kappa shape index (κ3) is 4.88. The molecule has 0 bridgehead atoms. The second-order valence-electron chi connectivity index (χ2n) is 3.70. The molecule has 1 aromatic heterocycles. The topological polar surface area (TPSA) is 34.1 Å². The molecule has 1 N–H and O–H groups in total. The predicted octanol–water partition coefficient (Wildman–Crippen LogP) is 2.29. The van der Waals surface area contributed by atoms with Crippen LogP contribution in [0.5, 0.6) is 5.75 Å². The maximum Gasteiger partial charge on any atom is 0.142 e. The van der Waals surface area contributed by atoms with E-state index in [0.717, 1.165) is 36.6 Å². The molecule has 0 aliphatic rings. The average Bonchev–Trinajstić information content (AvgIpc) is 2.34. The van der Waals surface area contributed by atoms with E-state index in [4.69, 9.17) is 4.74 Å². The number of rotatable bonds is 6. The summed E-state index contributed by atoms with van der Waals surface area (Å²) in [5.74, 6) is 6.69. The van der Waals surface area contributed by atoms with Gasteiger partial charge in [0, 0.05) is 18.7 Å². The summed E-state index contributed by atoms with van der Waals surface area (Å²) in [6, 6.07) is 3.95. The van der Waals surface area contributed by atoms with Crippen LogP contribution in [0.4, 0.5) is 0 Å². The normalized spacial score (nSPS) is 9.59. The van der Waals surface area contributed by atoms with Crippen molar-refractivity contribution < 1.29 is 4.74 Å². The van der Waals surface area contributed by atoms with Gasteiger partial charge in [0.2, 0.25) is 0 Å². The number of nitrogens with one attached hydrogen (secondary N) is 1. The first kappa shape index (κ1) is 13.5. The predicted molar refractivity (Wildman–Crippen MR) is 69.9 cm³/mol. The molecule has 1 rings (SSSR count). The molecule has 0 saturated heterocycles. The second kappa shape index (κ2) is 7.70. The van der Waals surface area contributed by atoms with Crippen molar-refractivity contribution >= 4 is 0 Å². The van der Waals surface area contributed by atoms with Crippen LogP contribution in [0.2, 0.25) is 0 Å². The summed E-state index contributed by atoms with van der Waals surface area (Å²) in [7, 11) is 0. The molecule has 0 unspecified atom stereocenters. The Morgan fingerprint density at radius 2 is 2.24 bits per heavy atom. The minimum atomic E-state index is 0.616. The first-order valence-corrected chi connectivity index (χ1v) is 5.97. The Morgan fingerprint density at radius 3 is 2.94 bits per heavy atom. The molecule has 0 aliphatic carbocycles. The van der Waals surface area contributed by atoms with E-state index in [9.17, 15) is 0 Å². The van der Waals surface area contributed by atoms with Crippen molar-refractivity contribution in [3.8, 4) is 17.6 Å². The molecular weight excluding hydrogens is 212 g/mol. The number of hydrogen-bond acceptors (Lipinski definition) is 3. The molecule has 0 radical (unpaired) electrons. The van der Waals surface area contributed by atoms with E-state index < -0.39 is 0 Å². The fourth-order valence-electron chi connectivity index (χ4n) is 1.44. The highest BCUT2D eigenvalue weighted by Gasteiger charge is 2.04. The van der Waals surface area contributed by atoms with Gasteiger partial charge in [0.1, 0.15) is 5.75 Å². The van der Waals surface area contributed by atoms with E-state index in [0.29, 0.717) is 6.61 Å². The smallest absolute Gasteiger partial charge is 0.142 e. The average molecular weight is 232 g/mol. The van der Waals surface area contributed by atoms with E-state index in [-0.39, 0.29) is 0 Å². The van der Waals surface area contributed by atoms with Crippen molar-refractivity contribution in [2.45, 2.75) is 33.7 Å². The zero-order valence-corrected chi connectivity index (χ0v) is 10.8. The van der Waals surface area contributed by atoms with E-state index in [2.05, 4.69) is 29.1 Å². The number of aryl methyl sites for hydroxylation is 1. The molecule has 0 aliphatic heterocycles. The molecule has 17 heavy (non-hydrogen) atoms. The highest BCUT2D eigenvalue weighted by Crippen LogP contribution is 2.16. The molecular formula is C14H20N2O. The lowest BCUT2D eigenvalue weighted by molar-refractivity contribution is 0.320. The Labute approximate surface area is 104 Å². The Morgan fingerprint density at radius 1 is 1.41 bits per heavy atom. The van der Waals surface area contributed by atoms with Crippen LogP contribution in [0.3, 0.4) is 0 Å². The van der Waals surface area contributed by atoms with Crippen molar-refractivity contribution in [3.05, 3.63) is 23.5 Å². The number of aromatic nitrogens is 1. The highest BCUT2D eigenvalue weighted by atomic mass is 16.5. The lowest BCUT2D eigenvalue weighted by Crippen LogP contribution is -2.14. The van der Waals surface area contributed by atoms with Crippen LogP contribution >= 0.6 is 0 Å². The standard InChI is InChI=1S/C14H20N2O/c1-4-6-7-10-17-14-9-8-12(3)16-13(14)11-15-5-2/h8-9,15H,5,7,10-11H2,1-3H3. The van der Waals surface area contributed by atoms with E-state index in [1.54, 1.807) is 0 Å². The van der Waals surface area contributed by atoms with Gasteiger partial charge in [0.15, 0.2) is 0 Å². The minimum absolute atomic E-state index is 0.616. The Hall–Kier alpha value is -1.53.